The first-order chi connectivity index (χ1) is 7.18. The third kappa shape index (κ3) is 2.98. The van der Waals surface area contributed by atoms with Gasteiger partial charge in [0.05, 0.1) is 0 Å². The Hall–Kier alpha value is -0.0900. The van der Waals surface area contributed by atoms with Crippen LogP contribution in [0.2, 0.25) is 0 Å². The molecule has 0 spiro atoms. The number of likely N-dealkylation sites (tertiary alicyclic amines) is 1. The van der Waals surface area contributed by atoms with E-state index in [9.17, 15) is 0 Å². The molecule has 1 aromatic rings. The van der Waals surface area contributed by atoms with Crippen LogP contribution >= 0.6 is 28.3 Å². The molecule has 1 fully saturated rings. The van der Waals surface area contributed by atoms with Gasteiger partial charge >= 0.3 is 0 Å². The zero-order valence-corrected chi connectivity index (χ0v) is 11.8. The lowest BCUT2D eigenvalue weighted by atomic mass is 10.1. The Bertz CT molecular complexity index is 346. The van der Waals surface area contributed by atoms with Crippen molar-refractivity contribution in [2.45, 2.75) is 25.4 Å². The number of halogens is 2. The Kier molecular flexibility index (Phi) is 5.25. The number of hydrogen-bond acceptors (Lipinski definition) is 2. The maximum atomic E-state index is 5.93. The highest BCUT2D eigenvalue weighted by Crippen LogP contribution is 2.29. The van der Waals surface area contributed by atoms with Crippen molar-refractivity contribution < 1.29 is 0 Å². The molecule has 4 heteroatoms. The molecule has 0 aliphatic carbocycles. The summed E-state index contributed by atoms with van der Waals surface area (Å²) in [5.41, 5.74) is 7.28. The molecule has 0 aromatic heterocycles. The van der Waals surface area contributed by atoms with E-state index in [1.54, 1.807) is 0 Å². The van der Waals surface area contributed by atoms with Crippen molar-refractivity contribution in [3.63, 3.8) is 0 Å². The Morgan fingerprint density at radius 1 is 1.44 bits per heavy atom. The predicted octanol–water partition coefficient (Wildman–Crippen LogP) is 2.96. The van der Waals surface area contributed by atoms with E-state index in [2.05, 4.69) is 52.0 Å². The summed E-state index contributed by atoms with van der Waals surface area (Å²) in [6.45, 7) is 4.38. The minimum Gasteiger partial charge on any atom is -0.326 e. The summed E-state index contributed by atoms with van der Waals surface area (Å²) in [7, 11) is 0. The maximum Gasteiger partial charge on any atom is 0.0331 e. The summed E-state index contributed by atoms with van der Waals surface area (Å²) >= 11 is 3.60. The van der Waals surface area contributed by atoms with Gasteiger partial charge in [0.2, 0.25) is 0 Å². The van der Waals surface area contributed by atoms with E-state index >= 15 is 0 Å². The van der Waals surface area contributed by atoms with Crippen LogP contribution in [-0.4, -0.2) is 24.0 Å². The highest BCUT2D eigenvalue weighted by Gasteiger charge is 2.25. The second-order valence-electron chi connectivity index (χ2n) is 4.24. The molecule has 0 bridgehead atoms. The van der Waals surface area contributed by atoms with Crippen molar-refractivity contribution in [3.8, 4) is 0 Å². The molecular weight excluding hydrogens is 288 g/mol. The fraction of sp³-hybridized carbons (Fsp3) is 0.500. The first-order valence-corrected chi connectivity index (χ1v) is 6.22. The van der Waals surface area contributed by atoms with Gasteiger partial charge in [-0.1, -0.05) is 34.1 Å². The number of rotatable bonds is 2. The number of hydrogen-bond donors (Lipinski definition) is 1. The summed E-state index contributed by atoms with van der Waals surface area (Å²) in [5, 5.41) is 0. The van der Waals surface area contributed by atoms with Crippen molar-refractivity contribution in [2.24, 2.45) is 5.73 Å². The van der Waals surface area contributed by atoms with Gasteiger partial charge in [-0.2, -0.15) is 0 Å². The van der Waals surface area contributed by atoms with Gasteiger partial charge in [-0.3, -0.25) is 4.90 Å². The predicted molar refractivity (Wildman–Crippen MR) is 74.0 cm³/mol. The lowest BCUT2D eigenvalue weighted by Crippen LogP contribution is -2.28. The fourth-order valence-corrected chi connectivity index (χ4v) is 2.79. The molecule has 2 nitrogen and oxygen atoms in total. The molecule has 1 unspecified atom stereocenters. The van der Waals surface area contributed by atoms with Crippen LogP contribution in [0.3, 0.4) is 0 Å². The smallest absolute Gasteiger partial charge is 0.0331 e. The largest absolute Gasteiger partial charge is 0.326 e. The zero-order chi connectivity index (χ0) is 10.8. The van der Waals surface area contributed by atoms with Crippen LogP contribution in [0, 0.1) is 0 Å². The molecule has 1 heterocycles. The quantitative estimate of drug-likeness (QED) is 0.910. The molecule has 1 aliphatic heterocycles. The molecule has 90 valence electrons. The van der Waals surface area contributed by atoms with Crippen molar-refractivity contribution in [2.75, 3.05) is 13.1 Å². The highest BCUT2D eigenvalue weighted by atomic mass is 79.9. The molecule has 1 aliphatic rings. The minimum absolute atomic E-state index is 0. The highest BCUT2D eigenvalue weighted by molar-refractivity contribution is 9.10. The zero-order valence-electron chi connectivity index (χ0n) is 9.40. The standard InChI is InChI=1S/C12H17BrN2.ClH/c1-9(15-7-6-10(14)8-15)11-4-2-3-5-12(11)13;/h2-5,9-10H,6-8,14H2,1H3;1H/t9?,10-;/m1./s1. The molecule has 1 saturated heterocycles. The van der Waals surface area contributed by atoms with Crippen molar-refractivity contribution in [1.82, 2.24) is 4.90 Å². The molecule has 2 N–H and O–H groups in total. The number of benzene rings is 1. The van der Waals surface area contributed by atoms with Crippen LogP contribution in [0.5, 0.6) is 0 Å². The van der Waals surface area contributed by atoms with Gasteiger partial charge in [0.25, 0.3) is 0 Å². The Labute approximate surface area is 112 Å². The number of nitrogens with zero attached hydrogens (tertiary/aromatic N) is 1. The van der Waals surface area contributed by atoms with Crippen molar-refractivity contribution in [3.05, 3.63) is 34.3 Å². The van der Waals surface area contributed by atoms with Crippen LogP contribution in [0.25, 0.3) is 0 Å². The average molecular weight is 306 g/mol. The maximum absolute atomic E-state index is 5.93. The monoisotopic (exact) mass is 304 g/mol. The van der Waals surface area contributed by atoms with Crippen LogP contribution in [0.15, 0.2) is 28.7 Å². The normalized spacial score (nSPS) is 22.8. The first kappa shape index (κ1) is 14.0. The van der Waals surface area contributed by atoms with E-state index in [0.29, 0.717) is 12.1 Å². The van der Waals surface area contributed by atoms with Gasteiger partial charge in [0.15, 0.2) is 0 Å². The van der Waals surface area contributed by atoms with Crippen LogP contribution < -0.4 is 5.73 Å². The molecule has 2 rings (SSSR count). The summed E-state index contributed by atoms with van der Waals surface area (Å²) < 4.78 is 1.19. The van der Waals surface area contributed by atoms with Crippen LogP contribution in [0.1, 0.15) is 24.9 Å². The van der Waals surface area contributed by atoms with Gasteiger partial charge in [0.1, 0.15) is 0 Å². The van der Waals surface area contributed by atoms with Gasteiger partial charge in [-0.05, 0) is 25.0 Å². The molecule has 0 radical (unpaired) electrons. The molecule has 16 heavy (non-hydrogen) atoms. The topological polar surface area (TPSA) is 29.3 Å². The van der Waals surface area contributed by atoms with Gasteiger partial charge < -0.3 is 5.73 Å². The molecular formula is C12H18BrClN2. The van der Waals surface area contributed by atoms with E-state index in [1.807, 2.05) is 0 Å². The Morgan fingerprint density at radius 2 is 2.12 bits per heavy atom. The first-order valence-electron chi connectivity index (χ1n) is 5.42. The average Bonchev–Trinajstić information content (AvgIpc) is 2.65. The van der Waals surface area contributed by atoms with Crippen molar-refractivity contribution >= 4 is 28.3 Å². The Balaban J connectivity index is 0.00000128. The third-order valence-electron chi connectivity index (χ3n) is 3.16. The van der Waals surface area contributed by atoms with E-state index in [1.165, 1.54) is 10.0 Å². The van der Waals surface area contributed by atoms with E-state index < -0.39 is 0 Å². The van der Waals surface area contributed by atoms with E-state index in [-0.39, 0.29) is 12.4 Å². The molecule has 1 aromatic carbocycles. The summed E-state index contributed by atoms with van der Waals surface area (Å²) in [6.07, 6.45) is 1.12. The summed E-state index contributed by atoms with van der Waals surface area (Å²) in [4.78, 5) is 2.45. The minimum atomic E-state index is 0. The van der Waals surface area contributed by atoms with Crippen LogP contribution in [0.4, 0.5) is 0 Å². The van der Waals surface area contributed by atoms with E-state index in [4.69, 9.17) is 5.73 Å². The molecule has 0 amide bonds. The molecule has 2 atom stereocenters. The van der Waals surface area contributed by atoms with Crippen molar-refractivity contribution in [1.29, 1.82) is 0 Å². The summed E-state index contributed by atoms with van der Waals surface area (Å²) in [6, 6.07) is 9.23. The lowest BCUT2D eigenvalue weighted by molar-refractivity contribution is 0.259. The second-order valence-corrected chi connectivity index (χ2v) is 5.10. The number of nitrogens with two attached hydrogens (primary N) is 1. The van der Waals surface area contributed by atoms with Gasteiger partial charge in [0, 0.05) is 29.6 Å². The van der Waals surface area contributed by atoms with E-state index in [0.717, 1.165) is 19.5 Å². The van der Waals surface area contributed by atoms with Gasteiger partial charge in [-0.25, -0.2) is 0 Å². The molecule has 0 saturated carbocycles. The SMILES string of the molecule is CC(c1ccccc1Br)N1CC[C@@H](N)C1.Cl. The lowest BCUT2D eigenvalue weighted by Gasteiger charge is -2.25. The fourth-order valence-electron chi connectivity index (χ4n) is 2.18. The third-order valence-corrected chi connectivity index (χ3v) is 3.88. The van der Waals surface area contributed by atoms with Crippen LogP contribution in [-0.2, 0) is 0 Å². The van der Waals surface area contributed by atoms with Gasteiger partial charge in [-0.15, -0.1) is 12.4 Å². The second kappa shape index (κ2) is 6.01. The Morgan fingerprint density at radius 3 is 2.69 bits per heavy atom. The summed E-state index contributed by atoms with van der Waals surface area (Å²) in [5.74, 6) is 0.